The van der Waals surface area contributed by atoms with Gasteiger partial charge in [0.1, 0.15) is 0 Å². The quantitative estimate of drug-likeness (QED) is 0.562. The highest BCUT2D eigenvalue weighted by atomic mass is 35.5. The van der Waals surface area contributed by atoms with E-state index in [9.17, 15) is 4.79 Å². The number of hydrogen-bond donors (Lipinski definition) is 1. The van der Waals surface area contributed by atoms with Gasteiger partial charge in [0.05, 0.1) is 5.41 Å². The molecule has 1 amide bonds. The summed E-state index contributed by atoms with van der Waals surface area (Å²) >= 11 is 6.23. The smallest absolute Gasteiger partial charge is 0.235 e. The molecule has 152 valence electrons. The molecule has 30 heavy (non-hydrogen) atoms. The predicted molar refractivity (Wildman–Crippen MR) is 118 cm³/mol. The molecule has 0 unspecified atom stereocenters. The monoisotopic (exact) mass is 419 g/mol. The molecule has 1 N–H and O–H groups in total. The van der Waals surface area contributed by atoms with Gasteiger partial charge in [0.15, 0.2) is 11.5 Å². The number of aryl methyl sites for hydroxylation is 2. The maximum absolute atomic E-state index is 13.2. The van der Waals surface area contributed by atoms with Crippen molar-refractivity contribution in [2.45, 2.75) is 32.1 Å². The first kappa shape index (κ1) is 19.0. The Kier molecular flexibility index (Phi) is 4.48. The van der Waals surface area contributed by atoms with Crippen LogP contribution in [0.3, 0.4) is 0 Å². The van der Waals surface area contributed by atoms with Crippen LogP contribution in [0, 0.1) is 13.8 Å². The van der Waals surface area contributed by atoms with Gasteiger partial charge in [-0.3, -0.25) is 4.79 Å². The summed E-state index contributed by atoms with van der Waals surface area (Å²) < 4.78 is 10.9. The number of benzene rings is 3. The van der Waals surface area contributed by atoms with Crippen LogP contribution in [-0.2, 0) is 10.2 Å². The molecule has 3 aromatic rings. The summed E-state index contributed by atoms with van der Waals surface area (Å²) in [5, 5.41) is 3.84. The van der Waals surface area contributed by atoms with Crippen LogP contribution in [-0.4, -0.2) is 12.7 Å². The van der Waals surface area contributed by atoms with Gasteiger partial charge in [0.25, 0.3) is 0 Å². The van der Waals surface area contributed by atoms with Gasteiger partial charge in [-0.05, 0) is 90.9 Å². The molecular weight excluding hydrogens is 398 g/mol. The first-order chi connectivity index (χ1) is 14.5. The Morgan fingerprint density at radius 2 is 1.60 bits per heavy atom. The molecule has 3 aromatic carbocycles. The van der Waals surface area contributed by atoms with Crippen LogP contribution in [0.1, 0.15) is 29.5 Å². The van der Waals surface area contributed by atoms with Crippen molar-refractivity contribution in [2.75, 3.05) is 12.1 Å². The standard InChI is InChI=1S/C25H22ClNO3/c1-15-3-6-18(26)12-20(15)21-13-19(7-4-16(21)2)27-24(28)25(9-10-25)17-5-8-22-23(11-17)30-14-29-22/h3-8,11-13H,9-10,14H2,1-2H3,(H,27,28). The highest BCUT2D eigenvalue weighted by Gasteiger charge is 2.51. The average molecular weight is 420 g/mol. The summed E-state index contributed by atoms with van der Waals surface area (Å²) in [6.07, 6.45) is 1.65. The lowest BCUT2D eigenvalue weighted by molar-refractivity contribution is -0.118. The third-order valence-electron chi connectivity index (χ3n) is 6.10. The van der Waals surface area contributed by atoms with Crippen LogP contribution in [0.4, 0.5) is 5.69 Å². The molecule has 1 saturated carbocycles. The van der Waals surface area contributed by atoms with Gasteiger partial charge < -0.3 is 14.8 Å². The zero-order chi connectivity index (χ0) is 20.9. The molecule has 5 heteroatoms. The fourth-order valence-electron chi connectivity index (χ4n) is 4.09. The molecule has 0 bridgehead atoms. The lowest BCUT2D eigenvalue weighted by atomic mass is 9.93. The zero-order valence-corrected chi connectivity index (χ0v) is 17.7. The first-order valence-corrected chi connectivity index (χ1v) is 10.4. The van der Waals surface area contributed by atoms with Crippen LogP contribution in [0.15, 0.2) is 54.6 Å². The third kappa shape index (κ3) is 3.21. The molecule has 2 aliphatic rings. The maximum Gasteiger partial charge on any atom is 0.235 e. The minimum Gasteiger partial charge on any atom is -0.454 e. The van der Waals surface area contributed by atoms with Crippen molar-refractivity contribution in [2.24, 2.45) is 0 Å². The van der Waals surface area contributed by atoms with Crippen molar-refractivity contribution in [3.05, 3.63) is 76.3 Å². The summed E-state index contributed by atoms with van der Waals surface area (Å²) in [5.41, 5.74) is 5.68. The number of amides is 1. The number of ether oxygens (including phenoxy) is 2. The second-order valence-electron chi connectivity index (χ2n) is 8.09. The number of fused-ring (bicyclic) bond motifs is 1. The first-order valence-electron chi connectivity index (χ1n) is 10.0. The molecule has 1 heterocycles. The predicted octanol–water partition coefficient (Wildman–Crippen LogP) is 6.02. The van der Waals surface area contributed by atoms with Crippen molar-refractivity contribution < 1.29 is 14.3 Å². The SMILES string of the molecule is Cc1ccc(Cl)cc1-c1cc(NC(=O)C2(c3ccc4c(c3)OCO4)CC2)ccc1C. The fraction of sp³-hybridized carbons (Fsp3) is 0.240. The number of nitrogens with one attached hydrogen (secondary N) is 1. The van der Waals surface area contributed by atoms with Crippen LogP contribution >= 0.6 is 11.6 Å². The minimum absolute atomic E-state index is 0.0129. The molecule has 5 rings (SSSR count). The molecule has 0 radical (unpaired) electrons. The Balaban J connectivity index is 1.43. The van der Waals surface area contributed by atoms with E-state index >= 15 is 0 Å². The summed E-state index contributed by atoms with van der Waals surface area (Å²) in [7, 11) is 0. The van der Waals surface area contributed by atoms with Gasteiger partial charge in [-0.25, -0.2) is 0 Å². The third-order valence-corrected chi connectivity index (χ3v) is 6.33. The van der Waals surface area contributed by atoms with Crippen molar-refractivity contribution in [3.8, 4) is 22.6 Å². The summed E-state index contributed by atoms with van der Waals surface area (Å²) in [6, 6.07) is 17.7. The molecule has 1 fully saturated rings. The fourth-order valence-corrected chi connectivity index (χ4v) is 4.26. The molecule has 0 saturated heterocycles. The molecule has 0 aromatic heterocycles. The second kappa shape index (κ2) is 7.06. The molecule has 1 aliphatic heterocycles. The van der Waals surface area contributed by atoms with Gasteiger partial charge in [0.2, 0.25) is 12.7 Å². The van der Waals surface area contributed by atoms with E-state index in [1.165, 1.54) is 0 Å². The Bertz CT molecular complexity index is 1170. The van der Waals surface area contributed by atoms with E-state index < -0.39 is 5.41 Å². The van der Waals surface area contributed by atoms with Crippen LogP contribution < -0.4 is 14.8 Å². The molecular formula is C25H22ClNO3. The molecule has 1 aliphatic carbocycles. The van der Waals surface area contributed by atoms with Crippen molar-refractivity contribution in [1.29, 1.82) is 0 Å². The van der Waals surface area contributed by atoms with Gasteiger partial charge in [-0.15, -0.1) is 0 Å². The van der Waals surface area contributed by atoms with Gasteiger partial charge >= 0.3 is 0 Å². The van der Waals surface area contributed by atoms with Gasteiger partial charge in [-0.2, -0.15) is 0 Å². The Labute approximate surface area is 180 Å². The summed E-state index contributed by atoms with van der Waals surface area (Å²) in [6.45, 7) is 4.36. The van der Waals surface area contributed by atoms with E-state index in [2.05, 4.69) is 19.2 Å². The number of halogens is 1. The van der Waals surface area contributed by atoms with E-state index in [4.69, 9.17) is 21.1 Å². The minimum atomic E-state index is -0.502. The largest absolute Gasteiger partial charge is 0.454 e. The lowest BCUT2D eigenvalue weighted by Gasteiger charge is -2.18. The number of rotatable bonds is 4. The van der Waals surface area contributed by atoms with Crippen LogP contribution in [0.2, 0.25) is 5.02 Å². The number of carbonyl (C=O) groups excluding carboxylic acids is 1. The summed E-state index contributed by atoms with van der Waals surface area (Å²) in [5.74, 6) is 1.45. The highest BCUT2D eigenvalue weighted by Crippen LogP contribution is 2.51. The van der Waals surface area contributed by atoms with Crippen LogP contribution in [0.25, 0.3) is 11.1 Å². The van der Waals surface area contributed by atoms with Gasteiger partial charge in [0, 0.05) is 10.7 Å². The van der Waals surface area contributed by atoms with Crippen LogP contribution in [0.5, 0.6) is 11.5 Å². The maximum atomic E-state index is 13.2. The highest BCUT2D eigenvalue weighted by molar-refractivity contribution is 6.30. The Hall–Kier alpha value is -2.98. The normalized spacial score (nSPS) is 15.7. The van der Waals surface area contributed by atoms with E-state index in [-0.39, 0.29) is 12.7 Å². The number of carbonyl (C=O) groups is 1. The molecule has 0 spiro atoms. The van der Waals surface area contributed by atoms with E-state index in [0.717, 1.165) is 52.1 Å². The van der Waals surface area contributed by atoms with Crippen molar-refractivity contribution >= 4 is 23.2 Å². The number of hydrogen-bond acceptors (Lipinski definition) is 3. The molecule has 4 nitrogen and oxygen atoms in total. The average Bonchev–Trinajstić information content (AvgIpc) is 3.42. The number of anilines is 1. The Morgan fingerprint density at radius 1 is 0.900 bits per heavy atom. The lowest BCUT2D eigenvalue weighted by Crippen LogP contribution is -2.27. The zero-order valence-electron chi connectivity index (χ0n) is 16.9. The van der Waals surface area contributed by atoms with Gasteiger partial charge in [-0.1, -0.05) is 29.8 Å². The van der Waals surface area contributed by atoms with Crippen molar-refractivity contribution in [1.82, 2.24) is 0 Å². The summed E-state index contributed by atoms with van der Waals surface area (Å²) in [4.78, 5) is 13.2. The van der Waals surface area contributed by atoms with E-state index in [0.29, 0.717) is 10.8 Å². The second-order valence-corrected chi connectivity index (χ2v) is 8.53. The topological polar surface area (TPSA) is 47.6 Å². The molecule has 0 atom stereocenters. The van der Waals surface area contributed by atoms with E-state index in [1.54, 1.807) is 0 Å². The Morgan fingerprint density at radius 3 is 2.37 bits per heavy atom. The van der Waals surface area contributed by atoms with Crippen molar-refractivity contribution in [3.63, 3.8) is 0 Å². The van der Waals surface area contributed by atoms with E-state index in [1.807, 2.05) is 54.6 Å².